The van der Waals surface area contributed by atoms with Gasteiger partial charge in [0.2, 0.25) is 0 Å². The predicted molar refractivity (Wildman–Crippen MR) is 88.2 cm³/mol. The van der Waals surface area contributed by atoms with E-state index >= 15 is 0 Å². The van der Waals surface area contributed by atoms with E-state index in [4.69, 9.17) is 27.8 Å². The van der Waals surface area contributed by atoms with Gasteiger partial charge in [0.05, 0.1) is 16.2 Å². The molecule has 10 heteroatoms. The molecule has 1 N–H and O–H groups in total. The van der Waals surface area contributed by atoms with Gasteiger partial charge in [-0.3, -0.25) is 4.55 Å². The van der Waals surface area contributed by atoms with Gasteiger partial charge in [-0.15, -0.1) is 0 Å². The molecule has 0 saturated carbocycles. The standard InChI is InChI=1S/C7H6Cl2O3S.C6H6O3S/c1-13(10,11)12-7-3-2-5(8)4-6(7)9;7-10(8,9)6-4-2-1-3-5-6/h2-4H,1H3;1-5H,(H,7,8,9). The highest BCUT2D eigenvalue weighted by molar-refractivity contribution is 7.86. The molecule has 0 saturated heterocycles. The summed E-state index contributed by atoms with van der Waals surface area (Å²) in [5, 5.41) is 0.587. The summed E-state index contributed by atoms with van der Waals surface area (Å²) in [6.45, 7) is 0. The lowest BCUT2D eigenvalue weighted by Gasteiger charge is -2.04. The zero-order valence-corrected chi connectivity index (χ0v) is 14.8. The lowest BCUT2D eigenvalue weighted by molar-refractivity contribution is 0.483. The third-order valence-electron chi connectivity index (χ3n) is 2.18. The van der Waals surface area contributed by atoms with Crippen LogP contribution in [0.25, 0.3) is 0 Å². The Bertz CT molecular complexity index is 865. The van der Waals surface area contributed by atoms with E-state index in [0.29, 0.717) is 5.02 Å². The molecule has 0 aliphatic rings. The Kier molecular flexibility index (Phi) is 6.84. The first-order valence-corrected chi connectivity index (χ1v) is 9.87. The van der Waals surface area contributed by atoms with E-state index in [1.165, 1.54) is 30.3 Å². The molecule has 0 radical (unpaired) electrons. The molecule has 0 unspecified atom stereocenters. The Morgan fingerprint density at radius 3 is 1.91 bits per heavy atom. The van der Waals surface area contributed by atoms with Gasteiger partial charge in [-0.25, -0.2) is 0 Å². The molecule has 0 heterocycles. The second-order valence-electron chi connectivity index (χ2n) is 4.15. The van der Waals surface area contributed by atoms with E-state index in [2.05, 4.69) is 4.18 Å². The fraction of sp³-hybridized carbons (Fsp3) is 0.0769. The van der Waals surface area contributed by atoms with Crippen LogP contribution in [-0.2, 0) is 20.2 Å². The molecular formula is C13H12Cl2O6S2. The third-order valence-corrected chi connectivity index (χ3v) is 4.06. The SMILES string of the molecule is CS(=O)(=O)Oc1ccc(Cl)cc1Cl.O=S(=O)(O)c1ccccc1. The van der Waals surface area contributed by atoms with Crippen molar-refractivity contribution >= 4 is 43.4 Å². The minimum atomic E-state index is -4.00. The van der Waals surface area contributed by atoms with E-state index in [9.17, 15) is 16.8 Å². The van der Waals surface area contributed by atoms with Crippen molar-refractivity contribution in [3.63, 3.8) is 0 Å². The molecule has 2 aromatic rings. The molecule has 2 rings (SSSR count). The molecule has 0 aromatic heterocycles. The van der Waals surface area contributed by atoms with Crippen molar-refractivity contribution in [2.24, 2.45) is 0 Å². The quantitative estimate of drug-likeness (QED) is 0.629. The fourth-order valence-corrected chi connectivity index (χ4v) is 2.76. The summed E-state index contributed by atoms with van der Waals surface area (Å²) in [7, 11) is -7.54. The summed E-state index contributed by atoms with van der Waals surface area (Å²) >= 11 is 11.3. The van der Waals surface area contributed by atoms with Gasteiger partial charge in [-0.2, -0.15) is 16.8 Å². The van der Waals surface area contributed by atoms with Crippen molar-refractivity contribution in [2.75, 3.05) is 6.26 Å². The second kappa shape index (κ2) is 7.98. The van der Waals surface area contributed by atoms with Gasteiger partial charge in [0, 0.05) is 5.02 Å². The first-order chi connectivity index (χ1) is 10.5. The number of hydrogen-bond donors (Lipinski definition) is 1. The molecule has 2 aromatic carbocycles. The van der Waals surface area contributed by atoms with Crippen LogP contribution in [0.1, 0.15) is 0 Å². The van der Waals surface area contributed by atoms with Crippen molar-refractivity contribution in [1.82, 2.24) is 0 Å². The highest BCUT2D eigenvalue weighted by atomic mass is 35.5. The van der Waals surface area contributed by atoms with Crippen LogP contribution in [0.2, 0.25) is 10.0 Å². The van der Waals surface area contributed by atoms with Crippen molar-refractivity contribution in [3.8, 4) is 5.75 Å². The maximum atomic E-state index is 10.7. The smallest absolute Gasteiger partial charge is 0.306 e. The van der Waals surface area contributed by atoms with Crippen molar-refractivity contribution in [1.29, 1.82) is 0 Å². The average molecular weight is 399 g/mol. The highest BCUT2D eigenvalue weighted by Crippen LogP contribution is 2.28. The molecule has 23 heavy (non-hydrogen) atoms. The minimum absolute atomic E-state index is 0.0741. The summed E-state index contributed by atoms with van der Waals surface area (Å²) in [5.74, 6) is 0.0774. The van der Waals surface area contributed by atoms with E-state index in [0.717, 1.165) is 6.26 Å². The van der Waals surface area contributed by atoms with Crippen LogP contribution in [0.3, 0.4) is 0 Å². The van der Waals surface area contributed by atoms with E-state index in [-0.39, 0.29) is 15.7 Å². The van der Waals surface area contributed by atoms with Gasteiger partial charge >= 0.3 is 10.1 Å². The van der Waals surface area contributed by atoms with E-state index in [1.54, 1.807) is 18.2 Å². The van der Waals surface area contributed by atoms with Crippen LogP contribution >= 0.6 is 23.2 Å². The minimum Gasteiger partial charge on any atom is -0.381 e. The lowest BCUT2D eigenvalue weighted by atomic mass is 10.3. The molecule has 0 amide bonds. The maximum Gasteiger partial charge on any atom is 0.306 e. The summed E-state index contributed by atoms with van der Waals surface area (Å²) in [4.78, 5) is -0.0741. The van der Waals surface area contributed by atoms with Crippen LogP contribution in [0.15, 0.2) is 53.4 Å². The zero-order valence-electron chi connectivity index (χ0n) is 11.7. The molecule has 126 valence electrons. The molecule has 0 aliphatic heterocycles. The van der Waals surface area contributed by atoms with E-state index in [1.807, 2.05) is 0 Å². The van der Waals surface area contributed by atoms with Gasteiger partial charge < -0.3 is 4.18 Å². The Hall–Kier alpha value is -1.32. The summed E-state index contributed by atoms with van der Waals surface area (Å²) in [5.41, 5.74) is 0. The van der Waals surface area contributed by atoms with Crippen LogP contribution in [-0.4, -0.2) is 27.6 Å². The topological polar surface area (TPSA) is 97.7 Å². The second-order valence-corrected chi connectivity index (χ2v) is 7.99. The fourth-order valence-electron chi connectivity index (χ4n) is 1.30. The molecule has 0 atom stereocenters. The largest absolute Gasteiger partial charge is 0.381 e. The monoisotopic (exact) mass is 398 g/mol. The molecule has 0 spiro atoms. The number of hydrogen-bond acceptors (Lipinski definition) is 5. The van der Waals surface area contributed by atoms with Gasteiger partial charge in [0.15, 0.2) is 5.75 Å². The van der Waals surface area contributed by atoms with Gasteiger partial charge in [0.1, 0.15) is 0 Å². The molecule has 0 fully saturated rings. The van der Waals surface area contributed by atoms with Crippen molar-refractivity contribution in [2.45, 2.75) is 4.90 Å². The van der Waals surface area contributed by atoms with Crippen LogP contribution in [0, 0.1) is 0 Å². The lowest BCUT2D eigenvalue weighted by Crippen LogP contribution is -2.05. The van der Waals surface area contributed by atoms with Crippen molar-refractivity contribution in [3.05, 3.63) is 58.6 Å². The van der Waals surface area contributed by atoms with Crippen LogP contribution in [0.5, 0.6) is 5.75 Å². The summed E-state index contributed by atoms with van der Waals surface area (Å²) in [6.07, 6.45) is 0.942. The average Bonchev–Trinajstić information content (AvgIpc) is 2.42. The Balaban J connectivity index is 0.000000238. The molecule has 0 aliphatic carbocycles. The normalized spacial score (nSPS) is 11.3. The highest BCUT2D eigenvalue weighted by Gasteiger charge is 2.08. The maximum absolute atomic E-state index is 10.7. The number of rotatable bonds is 3. The van der Waals surface area contributed by atoms with E-state index < -0.39 is 20.2 Å². The van der Waals surface area contributed by atoms with Gasteiger partial charge in [-0.05, 0) is 30.3 Å². The zero-order chi connectivity index (χ0) is 17.7. The Labute approximate surface area is 144 Å². The Morgan fingerprint density at radius 2 is 1.52 bits per heavy atom. The summed E-state index contributed by atoms with van der Waals surface area (Å²) < 4.78 is 55.3. The third kappa shape index (κ3) is 7.67. The van der Waals surface area contributed by atoms with Gasteiger partial charge in [-0.1, -0.05) is 41.4 Å². The number of halogens is 2. The summed E-state index contributed by atoms with van der Waals surface area (Å²) in [6, 6.07) is 11.7. The van der Waals surface area contributed by atoms with Gasteiger partial charge in [0.25, 0.3) is 10.1 Å². The van der Waals surface area contributed by atoms with Crippen molar-refractivity contribution < 1.29 is 25.6 Å². The molecular weight excluding hydrogens is 387 g/mol. The van der Waals surface area contributed by atoms with Crippen LogP contribution in [0.4, 0.5) is 0 Å². The Morgan fingerprint density at radius 1 is 0.957 bits per heavy atom. The molecule has 0 bridgehead atoms. The van der Waals surface area contributed by atoms with Crippen LogP contribution < -0.4 is 4.18 Å². The first-order valence-electron chi connectivity index (χ1n) is 5.86. The predicted octanol–water partition coefficient (Wildman–Crippen LogP) is 3.27. The number of benzene rings is 2. The molecule has 6 nitrogen and oxygen atoms in total. The first kappa shape index (κ1) is 19.7.